The van der Waals surface area contributed by atoms with E-state index in [1.807, 2.05) is 18.2 Å². The highest BCUT2D eigenvalue weighted by molar-refractivity contribution is 6.33. The van der Waals surface area contributed by atoms with Gasteiger partial charge in [0.25, 0.3) is 5.91 Å². The van der Waals surface area contributed by atoms with Crippen LogP contribution < -0.4 is 11.3 Å². The summed E-state index contributed by atoms with van der Waals surface area (Å²) in [7, 11) is 0. The van der Waals surface area contributed by atoms with Crippen molar-refractivity contribution in [2.45, 2.75) is 13.0 Å². The van der Waals surface area contributed by atoms with Gasteiger partial charge < -0.3 is 10.3 Å². The molecule has 5 nitrogen and oxygen atoms in total. The molecule has 1 aromatic heterocycles. The zero-order valence-electron chi connectivity index (χ0n) is 11.3. The van der Waals surface area contributed by atoms with Crippen LogP contribution in [0, 0.1) is 0 Å². The zero-order valence-corrected chi connectivity index (χ0v) is 12.1. The van der Waals surface area contributed by atoms with Crippen molar-refractivity contribution in [2.24, 2.45) is 5.84 Å². The van der Waals surface area contributed by atoms with Crippen LogP contribution in [-0.4, -0.2) is 22.3 Å². The second-order valence-electron chi connectivity index (χ2n) is 4.92. The Kier molecular flexibility index (Phi) is 3.77. The summed E-state index contributed by atoms with van der Waals surface area (Å²) in [6.07, 6.45) is 0.842. The first-order valence-corrected chi connectivity index (χ1v) is 7.06. The summed E-state index contributed by atoms with van der Waals surface area (Å²) in [5, 5.41) is 0.331. The molecule has 1 aliphatic heterocycles. The highest BCUT2D eigenvalue weighted by atomic mass is 35.5. The summed E-state index contributed by atoms with van der Waals surface area (Å²) < 4.78 is 0. The molecule has 0 fully saturated rings. The molecule has 0 saturated heterocycles. The maximum Gasteiger partial charge on any atom is 0.274 e. The molecule has 108 valence electrons. The number of hydrogen-bond acceptors (Lipinski definition) is 4. The van der Waals surface area contributed by atoms with Crippen LogP contribution in [0.2, 0.25) is 5.02 Å². The Morgan fingerprint density at radius 1 is 1.24 bits per heavy atom. The summed E-state index contributed by atoms with van der Waals surface area (Å²) in [5.74, 6) is 5.57. The molecule has 2 heterocycles. The summed E-state index contributed by atoms with van der Waals surface area (Å²) in [6.45, 7) is 1.24. The SMILES string of the molecule is NNc1ccc(Cl)c(C(=O)N2CCc3ccccc3C2)n1. The van der Waals surface area contributed by atoms with Crippen LogP contribution in [0.15, 0.2) is 36.4 Å². The topological polar surface area (TPSA) is 71.2 Å². The van der Waals surface area contributed by atoms with E-state index in [0.717, 1.165) is 6.42 Å². The van der Waals surface area contributed by atoms with Crippen LogP contribution in [0.3, 0.4) is 0 Å². The quantitative estimate of drug-likeness (QED) is 0.659. The predicted molar refractivity (Wildman–Crippen MR) is 81.9 cm³/mol. The molecule has 0 atom stereocenters. The Morgan fingerprint density at radius 3 is 2.76 bits per heavy atom. The molecule has 0 unspecified atom stereocenters. The van der Waals surface area contributed by atoms with Crippen LogP contribution in [0.25, 0.3) is 0 Å². The standard InChI is InChI=1S/C15H15ClN4O/c16-12-5-6-13(19-17)18-14(12)15(21)20-8-7-10-3-1-2-4-11(10)9-20/h1-6H,7-9,17H2,(H,18,19). The average molecular weight is 303 g/mol. The van der Waals surface area contributed by atoms with Gasteiger partial charge in [-0.15, -0.1) is 0 Å². The number of rotatable bonds is 2. The van der Waals surface area contributed by atoms with Gasteiger partial charge in [-0.1, -0.05) is 35.9 Å². The molecule has 0 saturated carbocycles. The van der Waals surface area contributed by atoms with Gasteiger partial charge in [0.15, 0.2) is 0 Å². The van der Waals surface area contributed by atoms with Crippen LogP contribution in [-0.2, 0) is 13.0 Å². The third-order valence-electron chi connectivity index (χ3n) is 3.61. The third kappa shape index (κ3) is 2.70. The van der Waals surface area contributed by atoms with Crippen LogP contribution in [0.1, 0.15) is 21.6 Å². The van der Waals surface area contributed by atoms with Crippen LogP contribution in [0.5, 0.6) is 0 Å². The molecule has 0 radical (unpaired) electrons. The van der Waals surface area contributed by atoms with Crippen molar-refractivity contribution >= 4 is 23.3 Å². The first-order valence-electron chi connectivity index (χ1n) is 6.68. The normalized spacial score (nSPS) is 13.7. The van der Waals surface area contributed by atoms with Crippen molar-refractivity contribution in [3.05, 3.63) is 58.2 Å². The van der Waals surface area contributed by atoms with E-state index in [0.29, 0.717) is 23.9 Å². The van der Waals surface area contributed by atoms with Gasteiger partial charge in [0.05, 0.1) is 5.02 Å². The number of hydrogen-bond donors (Lipinski definition) is 2. The van der Waals surface area contributed by atoms with Crippen molar-refractivity contribution in [3.63, 3.8) is 0 Å². The first kappa shape index (κ1) is 13.9. The fourth-order valence-electron chi connectivity index (χ4n) is 2.49. The number of nitrogens with zero attached hydrogens (tertiary/aromatic N) is 2. The Balaban J connectivity index is 1.87. The fraction of sp³-hybridized carbons (Fsp3) is 0.200. The van der Waals surface area contributed by atoms with E-state index in [1.54, 1.807) is 17.0 Å². The lowest BCUT2D eigenvalue weighted by Crippen LogP contribution is -2.36. The number of amides is 1. The highest BCUT2D eigenvalue weighted by Gasteiger charge is 2.24. The average Bonchev–Trinajstić information content (AvgIpc) is 2.54. The molecule has 0 aliphatic carbocycles. The van der Waals surface area contributed by atoms with E-state index in [4.69, 9.17) is 17.4 Å². The minimum atomic E-state index is -0.174. The smallest absolute Gasteiger partial charge is 0.274 e. The second-order valence-corrected chi connectivity index (χ2v) is 5.32. The molecule has 0 bridgehead atoms. The highest BCUT2D eigenvalue weighted by Crippen LogP contribution is 2.23. The zero-order chi connectivity index (χ0) is 14.8. The lowest BCUT2D eigenvalue weighted by Gasteiger charge is -2.28. The number of carbonyl (C=O) groups is 1. The van der Waals surface area contributed by atoms with Crippen molar-refractivity contribution in [1.29, 1.82) is 0 Å². The van der Waals surface area contributed by atoms with Gasteiger partial charge in [0.2, 0.25) is 0 Å². The minimum absolute atomic E-state index is 0.174. The molecule has 1 amide bonds. The molecular formula is C15H15ClN4O. The molecule has 1 aliphatic rings. The van der Waals surface area contributed by atoms with E-state index in [2.05, 4.69) is 16.5 Å². The number of carbonyl (C=O) groups excluding carboxylic acids is 1. The molecule has 3 N–H and O–H groups in total. The Hall–Kier alpha value is -2.11. The van der Waals surface area contributed by atoms with Gasteiger partial charge in [-0.2, -0.15) is 0 Å². The number of aromatic nitrogens is 1. The maximum absolute atomic E-state index is 12.6. The van der Waals surface area contributed by atoms with E-state index < -0.39 is 0 Å². The van der Waals surface area contributed by atoms with Gasteiger partial charge in [-0.3, -0.25) is 4.79 Å². The van der Waals surface area contributed by atoms with Gasteiger partial charge >= 0.3 is 0 Å². The van der Waals surface area contributed by atoms with Crippen LogP contribution >= 0.6 is 11.6 Å². The molecule has 3 rings (SSSR count). The number of hydrazine groups is 1. The lowest BCUT2D eigenvalue weighted by atomic mass is 10.00. The lowest BCUT2D eigenvalue weighted by molar-refractivity contribution is 0.0729. The summed E-state index contributed by atoms with van der Waals surface area (Å²) >= 11 is 6.09. The second kappa shape index (κ2) is 5.71. The van der Waals surface area contributed by atoms with Gasteiger partial charge in [0.1, 0.15) is 11.5 Å². The number of pyridine rings is 1. The van der Waals surface area contributed by atoms with Crippen LogP contribution in [0.4, 0.5) is 5.82 Å². The van der Waals surface area contributed by atoms with E-state index in [1.165, 1.54) is 11.1 Å². The van der Waals surface area contributed by atoms with Gasteiger partial charge in [-0.25, -0.2) is 10.8 Å². The maximum atomic E-state index is 12.6. The Labute approximate surface area is 127 Å². The molecule has 0 spiro atoms. The number of halogens is 1. The molecular weight excluding hydrogens is 288 g/mol. The summed E-state index contributed by atoms with van der Waals surface area (Å²) in [5.41, 5.74) is 5.11. The Bertz CT molecular complexity index is 689. The monoisotopic (exact) mass is 302 g/mol. The van der Waals surface area contributed by atoms with E-state index in [9.17, 15) is 4.79 Å². The predicted octanol–water partition coefficient (Wildman–Crippen LogP) is 2.22. The van der Waals surface area contributed by atoms with E-state index in [-0.39, 0.29) is 11.6 Å². The first-order chi connectivity index (χ1) is 10.2. The summed E-state index contributed by atoms with van der Waals surface area (Å²) in [4.78, 5) is 18.5. The number of nitrogens with one attached hydrogen (secondary N) is 1. The molecule has 6 heteroatoms. The Morgan fingerprint density at radius 2 is 2.00 bits per heavy atom. The number of nitrogens with two attached hydrogens (primary N) is 1. The van der Waals surface area contributed by atoms with Gasteiger partial charge in [0, 0.05) is 13.1 Å². The number of benzene rings is 1. The van der Waals surface area contributed by atoms with E-state index >= 15 is 0 Å². The molecule has 2 aromatic rings. The molecule has 1 aromatic carbocycles. The number of fused-ring (bicyclic) bond motifs is 1. The largest absolute Gasteiger partial charge is 0.333 e. The minimum Gasteiger partial charge on any atom is -0.333 e. The van der Waals surface area contributed by atoms with Crippen molar-refractivity contribution in [2.75, 3.05) is 12.0 Å². The number of nitrogen functional groups attached to an aromatic ring is 1. The van der Waals surface area contributed by atoms with Crippen molar-refractivity contribution < 1.29 is 4.79 Å². The fourth-order valence-corrected chi connectivity index (χ4v) is 2.68. The number of anilines is 1. The van der Waals surface area contributed by atoms with Crippen molar-refractivity contribution in [3.8, 4) is 0 Å². The molecule has 21 heavy (non-hydrogen) atoms. The third-order valence-corrected chi connectivity index (χ3v) is 3.92. The van der Waals surface area contributed by atoms with Crippen molar-refractivity contribution in [1.82, 2.24) is 9.88 Å². The summed E-state index contributed by atoms with van der Waals surface area (Å²) in [6, 6.07) is 11.4. The van der Waals surface area contributed by atoms with Gasteiger partial charge in [-0.05, 0) is 29.7 Å².